The summed E-state index contributed by atoms with van der Waals surface area (Å²) in [6.07, 6.45) is 1.41. The largest absolute Gasteiger partial charge is 0.443 e. The third-order valence-corrected chi connectivity index (χ3v) is 3.78. The van der Waals surface area contributed by atoms with Crippen LogP contribution in [0.1, 0.15) is 65.5 Å². The molecule has 0 bridgehead atoms. The first kappa shape index (κ1) is 24.0. The highest BCUT2D eigenvalue weighted by Gasteiger charge is 2.30. The van der Waals surface area contributed by atoms with Crippen LogP contribution in [0.15, 0.2) is 24.3 Å². The summed E-state index contributed by atoms with van der Waals surface area (Å²) in [5.74, 6) is 0. The van der Waals surface area contributed by atoms with E-state index in [4.69, 9.17) is 14.6 Å². The number of aliphatic hydroxyl groups excluding tert-OH is 1. The van der Waals surface area contributed by atoms with Crippen LogP contribution >= 0.6 is 0 Å². The van der Waals surface area contributed by atoms with Gasteiger partial charge in [-0.05, 0) is 78.4 Å². The van der Waals surface area contributed by atoms with E-state index in [1.807, 2.05) is 24.3 Å². The zero-order valence-electron chi connectivity index (χ0n) is 18.1. The van der Waals surface area contributed by atoms with E-state index in [2.05, 4.69) is 0 Å². The van der Waals surface area contributed by atoms with Crippen molar-refractivity contribution < 1.29 is 24.2 Å². The number of hydrogen-bond donors (Lipinski definition) is 1. The molecule has 0 radical (unpaired) electrons. The van der Waals surface area contributed by atoms with Gasteiger partial charge in [0.2, 0.25) is 0 Å². The van der Waals surface area contributed by atoms with Crippen molar-refractivity contribution in [1.29, 1.82) is 0 Å². The van der Waals surface area contributed by atoms with E-state index in [9.17, 15) is 9.59 Å². The molecule has 0 saturated heterocycles. The molecule has 2 amide bonds. The Labute approximate surface area is 168 Å². The van der Waals surface area contributed by atoms with Crippen molar-refractivity contribution in [3.63, 3.8) is 0 Å². The van der Waals surface area contributed by atoms with Crippen molar-refractivity contribution in [2.45, 2.75) is 78.4 Å². The van der Waals surface area contributed by atoms with E-state index >= 15 is 0 Å². The van der Waals surface area contributed by atoms with Crippen LogP contribution in [0.25, 0.3) is 0 Å². The van der Waals surface area contributed by atoms with Crippen LogP contribution in [0.2, 0.25) is 0 Å². The van der Waals surface area contributed by atoms with Gasteiger partial charge in [-0.15, -0.1) is 0 Å². The molecule has 0 aromatic heterocycles. The molecule has 6 nitrogen and oxygen atoms in total. The molecule has 1 N–H and O–H groups in total. The van der Waals surface area contributed by atoms with Crippen molar-refractivity contribution >= 4 is 12.2 Å². The smallest absolute Gasteiger partial charge is 0.419 e. The first-order valence-corrected chi connectivity index (χ1v) is 9.84. The molecule has 158 valence electrons. The number of amides is 2. The van der Waals surface area contributed by atoms with Crippen molar-refractivity contribution in [2.75, 3.05) is 13.2 Å². The number of carbonyl (C=O) groups excluding carboxylic acids is 2. The summed E-state index contributed by atoms with van der Waals surface area (Å²) in [5.41, 5.74) is 0.935. The van der Waals surface area contributed by atoms with E-state index in [1.165, 1.54) is 5.56 Å². The molecule has 1 aromatic rings. The van der Waals surface area contributed by atoms with E-state index < -0.39 is 23.4 Å². The van der Waals surface area contributed by atoms with Crippen LogP contribution in [0.5, 0.6) is 0 Å². The molecule has 0 saturated carbocycles. The highest BCUT2D eigenvalue weighted by Crippen LogP contribution is 2.17. The number of benzene rings is 1. The van der Waals surface area contributed by atoms with Gasteiger partial charge in [-0.2, -0.15) is 0 Å². The number of hydrogen-bond acceptors (Lipinski definition) is 5. The third kappa shape index (κ3) is 9.22. The van der Waals surface area contributed by atoms with Crippen LogP contribution < -0.4 is 0 Å². The van der Waals surface area contributed by atoms with E-state index in [0.717, 1.165) is 16.9 Å². The Kier molecular flexibility index (Phi) is 8.95. The molecule has 0 spiro atoms. The summed E-state index contributed by atoms with van der Waals surface area (Å²) in [5, 5.41) is 9.07. The number of rotatable bonds is 7. The van der Waals surface area contributed by atoms with Gasteiger partial charge in [-0.3, -0.25) is 0 Å². The SMILES string of the molecule is CC(C)(C)OC(=O)N(CCCc1ccccc1CCCO)C(=O)OC(C)(C)C. The number of ether oxygens (including phenoxy) is 2. The molecule has 0 aliphatic rings. The molecule has 0 unspecified atom stereocenters. The fraction of sp³-hybridized carbons (Fsp3) is 0.636. The third-order valence-electron chi connectivity index (χ3n) is 3.78. The molecule has 1 rings (SSSR count). The Morgan fingerprint density at radius 1 is 0.857 bits per heavy atom. The molecule has 0 aliphatic carbocycles. The fourth-order valence-corrected chi connectivity index (χ4v) is 2.63. The number of carbonyl (C=O) groups is 2. The van der Waals surface area contributed by atoms with Crippen LogP contribution in [0.3, 0.4) is 0 Å². The number of aryl methyl sites for hydroxylation is 2. The van der Waals surface area contributed by atoms with Crippen LogP contribution in [0.4, 0.5) is 9.59 Å². The summed E-state index contributed by atoms with van der Waals surface area (Å²) >= 11 is 0. The summed E-state index contributed by atoms with van der Waals surface area (Å²) in [6, 6.07) is 8.03. The summed E-state index contributed by atoms with van der Waals surface area (Å²) in [4.78, 5) is 26.1. The minimum Gasteiger partial charge on any atom is -0.443 e. The van der Waals surface area contributed by atoms with Gasteiger partial charge in [-0.25, -0.2) is 14.5 Å². The Hall–Kier alpha value is -2.08. The number of imide groups is 1. The topological polar surface area (TPSA) is 76.1 Å². The fourth-order valence-electron chi connectivity index (χ4n) is 2.63. The molecule has 28 heavy (non-hydrogen) atoms. The maximum absolute atomic E-state index is 12.5. The van der Waals surface area contributed by atoms with Crippen LogP contribution in [-0.2, 0) is 22.3 Å². The molecule has 0 atom stereocenters. The predicted octanol–water partition coefficient (Wildman–Crippen LogP) is 4.72. The first-order chi connectivity index (χ1) is 12.9. The van der Waals surface area contributed by atoms with Gasteiger partial charge in [-0.1, -0.05) is 24.3 Å². The normalized spacial score (nSPS) is 11.8. The van der Waals surface area contributed by atoms with Gasteiger partial charge < -0.3 is 14.6 Å². The Morgan fingerprint density at radius 2 is 1.29 bits per heavy atom. The van der Waals surface area contributed by atoms with Gasteiger partial charge in [0.25, 0.3) is 0 Å². The molecule has 0 heterocycles. The van der Waals surface area contributed by atoms with Crippen molar-refractivity contribution in [3.05, 3.63) is 35.4 Å². The van der Waals surface area contributed by atoms with E-state index in [-0.39, 0.29) is 13.2 Å². The lowest BCUT2D eigenvalue weighted by molar-refractivity contribution is 0.00130. The molecular weight excluding hydrogens is 358 g/mol. The minimum atomic E-state index is -0.700. The zero-order valence-corrected chi connectivity index (χ0v) is 18.1. The van der Waals surface area contributed by atoms with Gasteiger partial charge in [0.15, 0.2) is 0 Å². The van der Waals surface area contributed by atoms with Gasteiger partial charge >= 0.3 is 12.2 Å². The van der Waals surface area contributed by atoms with Crippen molar-refractivity contribution in [3.8, 4) is 0 Å². The number of nitrogens with zero attached hydrogens (tertiary/aromatic N) is 1. The Bertz CT molecular complexity index is 615. The standard InChI is InChI=1S/C22H35NO5/c1-21(2,3)27-19(25)23(20(26)28-22(4,5)6)15-9-13-17-11-7-8-12-18(17)14-10-16-24/h7-8,11-12,24H,9-10,13-16H2,1-6H3. The predicted molar refractivity (Wildman–Crippen MR) is 109 cm³/mol. The quantitative estimate of drug-likeness (QED) is 0.725. The lowest BCUT2D eigenvalue weighted by Gasteiger charge is -2.28. The van der Waals surface area contributed by atoms with Gasteiger partial charge in [0.1, 0.15) is 11.2 Å². The highest BCUT2D eigenvalue weighted by atomic mass is 16.6. The summed E-state index contributed by atoms with van der Waals surface area (Å²) in [6.45, 7) is 10.9. The second-order valence-electron chi connectivity index (χ2n) is 8.81. The molecular formula is C22H35NO5. The maximum atomic E-state index is 12.5. The van der Waals surface area contributed by atoms with E-state index in [1.54, 1.807) is 41.5 Å². The minimum absolute atomic E-state index is 0.152. The summed E-state index contributed by atoms with van der Waals surface area (Å²) in [7, 11) is 0. The maximum Gasteiger partial charge on any atom is 0.419 e. The van der Waals surface area contributed by atoms with Gasteiger partial charge in [0, 0.05) is 13.2 Å². The Morgan fingerprint density at radius 3 is 1.68 bits per heavy atom. The van der Waals surface area contributed by atoms with Crippen molar-refractivity contribution in [1.82, 2.24) is 4.90 Å². The zero-order chi connectivity index (χ0) is 21.4. The van der Waals surface area contributed by atoms with Crippen LogP contribution in [0, 0.1) is 0 Å². The summed E-state index contributed by atoms with van der Waals surface area (Å²) < 4.78 is 10.7. The molecule has 1 aromatic carbocycles. The highest BCUT2D eigenvalue weighted by molar-refractivity contribution is 5.88. The average molecular weight is 394 g/mol. The second-order valence-corrected chi connectivity index (χ2v) is 8.81. The van der Waals surface area contributed by atoms with Crippen molar-refractivity contribution in [2.24, 2.45) is 0 Å². The number of aliphatic hydroxyl groups is 1. The molecule has 0 fully saturated rings. The van der Waals surface area contributed by atoms with Gasteiger partial charge in [0.05, 0.1) is 0 Å². The Balaban J connectivity index is 2.81. The lowest BCUT2D eigenvalue weighted by atomic mass is 9.99. The van der Waals surface area contributed by atoms with Crippen LogP contribution in [-0.4, -0.2) is 46.5 Å². The van der Waals surface area contributed by atoms with E-state index in [0.29, 0.717) is 19.3 Å². The average Bonchev–Trinajstić information content (AvgIpc) is 2.54. The first-order valence-electron chi connectivity index (χ1n) is 9.84. The molecule has 6 heteroatoms. The molecule has 0 aliphatic heterocycles. The monoisotopic (exact) mass is 393 g/mol. The second kappa shape index (κ2) is 10.5. The lowest BCUT2D eigenvalue weighted by Crippen LogP contribution is -2.44.